The maximum atomic E-state index is 13.0. The van der Waals surface area contributed by atoms with Gasteiger partial charge < -0.3 is 38.3 Å². The minimum absolute atomic E-state index is 0.0127. The maximum Gasteiger partial charge on any atom is 0.326 e. The number of nitrogens with one attached hydrogen (secondary N) is 3. The lowest BCUT2D eigenvalue weighted by atomic mass is 9.99. The van der Waals surface area contributed by atoms with Crippen molar-refractivity contribution in [1.82, 2.24) is 16.0 Å². The van der Waals surface area contributed by atoms with Gasteiger partial charge in [0.05, 0.1) is 12.5 Å². The van der Waals surface area contributed by atoms with Gasteiger partial charge in [0.15, 0.2) is 0 Å². The number of carbonyl (C=O) groups is 5. The Balaban J connectivity index is 5.52. The molecule has 0 radical (unpaired) electrons. The minimum atomic E-state index is -1.22. The molecule has 0 aromatic carbocycles. The normalized spacial score (nSPS) is 14.7. The molecule has 0 aliphatic heterocycles. The molecule has 0 spiro atoms. The second kappa shape index (κ2) is 16.0. The van der Waals surface area contributed by atoms with Crippen molar-refractivity contribution in [2.45, 2.75) is 90.4 Å². The SMILES string of the molecule is CC(C)CC(NC(=O)C(CC(C)C)NC(=O)C(CCCCN)NC(=O)C(N)CC(N)=O)C(=O)O. The number of amides is 4. The summed E-state index contributed by atoms with van der Waals surface area (Å²) in [5, 5.41) is 17.1. The van der Waals surface area contributed by atoms with Crippen molar-refractivity contribution in [2.75, 3.05) is 6.54 Å². The van der Waals surface area contributed by atoms with Crippen molar-refractivity contribution in [1.29, 1.82) is 0 Å². The lowest BCUT2D eigenvalue weighted by Crippen LogP contribution is -2.57. The average molecular weight is 487 g/mol. The van der Waals surface area contributed by atoms with E-state index in [0.29, 0.717) is 19.4 Å². The lowest BCUT2D eigenvalue weighted by Gasteiger charge is -2.26. The van der Waals surface area contributed by atoms with E-state index in [1.807, 2.05) is 27.7 Å². The number of hydrogen-bond donors (Lipinski definition) is 7. The molecule has 0 fully saturated rings. The number of hydrogen-bond acceptors (Lipinski definition) is 7. The summed E-state index contributed by atoms with van der Waals surface area (Å²) in [7, 11) is 0. The molecule has 0 saturated heterocycles. The molecule has 0 aromatic heterocycles. The van der Waals surface area contributed by atoms with Gasteiger partial charge >= 0.3 is 5.97 Å². The Bertz CT molecular complexity index is 699. The van der Waals surface area contributed by atoms with Crippen LogP contribution >= 0.6 is 0 Å². The topological polar surface area (TPSA) is 220 Å². The predicted octanol–water partition coefficient (Wildman–Crippen LogP) is -1.05. The summed E-state index contributed by atoms with van der Waals surface area (Å²) in [5.41, 5.74) is 16.3. The highest BCUT2D eigenvalue weighted by molar-refractivity contribution is 5.95. The summed E-state index contributed by atoms with van der Waals surface area (Å²) < 4.78 is 0. The Morgan fingerprint density at radius 3 is 1.71 bits per heavy atom. The van der Waals surface area contributed by atoms with E-state index in [0.717, 1.165) is 0 Å². The van der Waals surface area contributed by atoms with Crippen LogP contribution in [0.25, 0.3) is 0 Å². The maximum absolute atomic E-state index is 13.0. The first-order valence-corrected chi connectivity index (χ1v) is 11.7. The van der Waals surface area contributed by atoms with Crippen LogP contribution in [0.1, 0.15) is 66.2 Å². The fourth-order valence-electron chi connectivity index (χ4n) is 3.29. The zero-order valence-corrected chi connectivity index (χ0v) is 20.6. The first-order valence-electron chi connectivity index (χ1n) is 11.7. The Labute approximate surface area is 201 Å². The van der Waals surface area contributed by atoms with Gasteiger partial charge in [0, 0.05) is 0 Å². The van der Waals surface area contributed by atoms with Crippen LogP contribution in [-0.4, -0.2) is 65.4 Å². The molecule has 0 bridgehead atoms. The van der Waals surface area contributed by atoms with Gasteiger partial charge in [-0.1, -0.05) is 27.7 Å². The number of unbranched alkanes of at least 4 members (excludes halogenated alkanes) is 1. The van der Waals surface area contributed by atoms with Crippen LogP contribution in [0.15, 0.2) is 0 Å². The minimum Gasteiger partial charge on any atom is -0.480 e. The summed E-state index contributed by atoms with van der Waals surface area (Å²) in [6.45, 7) is 7.80. The van der Waals surface area contributed by atoms with Crippen LogP contribution in [0.5, 0.6) is 0 Å². The van der Waals surface area contributed by atoms with Gasteiger partial charge in [-0.25, -0.2) is 4.79 Å². The van der Waals surface area contributed by atoms with Gasteiger partial charge in [0.1, 0.15) is 18.1 Å². The summed E-state index contributed by atoms with van der Waals surface area (Å²) in [4.78, 5) is 60.9. The molecule has 0 aromatic rings. The molecule has 12 heteroatoms. The van der Waals surface area contributed by atoms with E-state index in [4.69, 9.17) is 17.2 Å². The molecule has 34 heavy (non-hydrogen) atoms. The van der Waals surface area contributed by atoms with E-state index in [1.54, 1.807) is 0 Å². The number of nitrogens with two attached hydrogens (primary N) is 3. The smallest absolute Gasteiger partial charge is 0.326 e. The van der Waals surface area contributed by atoms with Crippen LogP contribution in [0.4, 0.5) is 0 Å². The first-order chi connectivity index (χ1) is 15.8. The van der Waals surface area contributed by atoms with Crippen LogP contribution < -0.4 is 33.2 Å². The van der Waals surface area contributed by atoms with Crippen LogP contribution in [0, 0.1) is 11.8 Å². The monoisotopic (exact) mass is 486 g/mol. The molecule has 0 aliphatic rings. The molecule has 0 heterocycles. The van der Waals surface area contributed by atoms with Crippen molar-refractivity contribution >= 4 is 29.6 Å². The van der Waals surface area contributed by atoms with Gasteiger partial charge in [0.2, 0.25) is 23.6 Å². The van der Waals surface area contributed by atoms with Crippen LogP contribution in [0.2, 0.25) is 0 Å². The van der Waals surface area contributed by atoms with E-state index in [9.17, 15) is 29.1 Å². The molecule has 12 nitrogen and oxygen atoms in total. The number of carbonyl (C=O) groups excluding carboxylic acids is 4. The summed E-state index contributed by atoms with van der Waals surface area (Å²) in [6.07, 6.45) is 1.48. The highest BCUT2D eigenvalue weighted by Crippen LogP contribution is 2.10. The predicted molar refractivity (Wildman–Crippen MR) is 127 cm³/mol. The molecule has 196 valence electrons. The number of primary amides is 1. The Morgan fingerprint density at radius 1 is 0.765 bits per heavy atom. The summed E-state index contributed by atoms with van der Waals surface area (Å²) in [5.74, 6) is -3.83. The Hall–Kier alpha value is -2.73. The van der Waals surface area contributed by atoms with Gasteiger partial charge in [-0.15, -0.1) is 0 Å². The third-order valence-electron chi connectivity index (χ3n) is 5.00. The van der Waals surface area contributed by atoms with Crippen molar-refractivity contribution in [2.24, 2.45) is 29.0 Å². The molecule has 4 atom stereocenters. The highest BCUT2D eigenvalue weighted by atomic mass is 16.4. The van der Waals surface area contributed by atoms with Crippen molar-refractivity contribution < 1.29 is 29.1 Å². The van der Waals surface area contributed by atoms with Gasteiger partial charge in [-0.3, -0.25) is 19.2 Å². The van der Waals surface area contributed by atoms with Gasteiger partial charge in [0.25, 0.3) is 0 Å². The van der Waals surface area contributed by atoms with E-state index in [2.05, 4.69) is 16.0 Å². The van der Waals surface area contributed by atoms with E-state index >= 15 is 0 Å². The molecule has 0 aliphatic carbocycles. The Morgan fingerprint density at radius 2 is 1.24 bits per heavy atom. The van der Waals surface area contributed by atoms with Gasteiger partial charge in [-0.05, 0) is 50.5 Å². The van der Waals surface area contributed by atoms with E-state index in [1.165, 1.54) is 0 Å². The number of aliphatic carboxylic acids is 1. The van der Waals surface area contributed by atoms with Crippen molar-refractivity contribution in [3.8, 4) is 0 Å². The number of carboxylic acids is 1. The zero-order valence-electron chi connectivity index (χ0n) is 20.6. The van der Waals surface area contributed by atoms with E-state index in [-0.39, 0.29) is 37.5 Å². The molecular weight excluding hydrogens is 444 g/mol. The second-order valence-electron chi connectivity index (χ2n) is 9.34. The fraction of sp³-hybridized carbons (Fsp3) is 0.773. The van der Waals surface area contributed by atoms with Gasteiger partial charge in [-0.2, -0.15) is 0 Å². The third kappa shape index (κ3) is 13.1. The summed E-state index contributed by atoms with van der Waals surface area (Å²) >= 11 is 0. The van der Waals surface area contributed by atoms with E-state index < -0.39 is 53.8 Å². The number of carboxylic acid groups (broad SMARTS) is 1. The zero-order chi connectivity index (χ0) is 26.4. The quantitative estimate of drug-likeness (QED) is 0.125. The summed E-state index contributed by atoms with van der Waals surface area (Å²) in [6, 6.07) is -4.34. The van der Waals surface area contributed by atoms with Crippen molar-refractivity contribution in [3.63, 3.8) is 0 Å². The molecular formula is C22H42N6O6. The molecule has 0 rings (SSSR count). The molecule has 4 amide bonds. The lowest BCUT2D eigenvalue weighted by molar-refractivity contribution is -0.143. The number of rotatable bonds is 17. The third-order valence-corrected chi connectivity index (χ3v) is 5.00. The highest BCUT2D eigenvalue weighted by Gasteiger charge is 2.31. The fourth-order valence-corrected chi connectivity index (χ4v) is 3.29. The first kappa shape index (κ1) is 31.3. The average Bonchev–Trinajstić information content (AvgIpc) is 2.70. The van der Waals surface area contributed by atoms with Crippen LogP contribution in [-0.2, 0) is 24.0 Å². The second-order valence-corrected chi connectivity index (χ2v) is 9.34. The standard InChI is InChI=1S/C22H42N6O6/c1-12(2)9-16(21(32)28-17(22(33)34)10-13(3)4)27-20(31)15(7-5-6-8-23)26-19(30)14(24)11-18(25)29/h12-17H,5-11,23-24H2,1-4H3,(H2,25,29)(H,26,30)(H,27,31)(H,28,32)(H,33,34). The molecule has 4 unspecified atom stereocenters. The molecule has 10 N–H and O–H groups in total. The van der Waals surface area contributed by atoms with Crippen LogP contribution in [0.3, 0.4) is 0 Å². The Kier molecular flexibility index (Phi) is 14.7. The molecule has 0 saturated carbocycles. The largest absolute Gasteiger partial charge is 0.480 e. The van der Waals surface area contributed by atoms with Crippen molar-refractivity contribution in [3.05, 3.63) is 0 Å².